The van der Waals surface area contributed by atoms with Gasteiger partial charge in [-0.15, -0.1) is 11.3 Å². The third-order valence-corrected chi connectivity index (χ3v) is 3.60. The Bertz CT molecular complexity index is 443. The minimum Gasteiger partial charge on any atom is -0.241 e. The SMILES string of the molecule is Cc1nc(-c2ccccc2)c(C(C)C)s1. The Morgan fingerprint density at radius 1 is 1.13 bits per heavy atom. The summed E-state index contributed by atoms with van der Waals surface area (Å²) in [5, 5.41) is 1.15. The fraction of sp³-hybridized carbons (Fsp3) is 0.308. The molecule has 0 fully saturated rings. The first-order valence-corrected chi connectivity index (χ1v) is 6.03. The molecule has 0 N–H and O–H groups in total. The van der Waals surface area contributed by atoms with Gasteiger partial charge in [0.25, 0.3) is 0 Å². The molecule has 0 aliphatic carbocycles. The van der Waals surface area contributed by atoms with Gasteiger partial charge in [-0.05, 0) is 12.8 Å². The van der Waals surface area contributed by atoms with Crippen LogP contribution in [0, 0.1) is 6.92 Å². The summed E-state index contributed by atoms with van der Waals surface area (Å²) < 4.78 is 0. The van der Waals surface area contributed by atoms with Crippen LogP contribution in [0.4, 0.5) is 0 Å². The third-order valence-electron chi connectivity index (χ3n) is 2.33. The molecule has 78 valence electrons. The van der Waals surface area contributed by atoms with Gasteiger partial charge in [0.15, 0.2) is 0 Å². The standard InChI is InChI=1S/C13H15NS/c1-9(2)13-12(14-10(3)15-13)11-7-5-4-6-8-11/h4-9H,1-3H3. The molecule has 0 saturated heterocycles. The van der Waals surface area contributed by atoms with Gasteiger partial charge in [-0.3, -0.25) is 0 Å². The van der Waals surface area contributed by atoms with E-state index in [4.69, 9.17) is 0 Å². The topological polar surface area (TPSA) is 12.9 Å². The van der Waals surface area contributed by atoms with Crippen LogP contribution in [0.2, 0.25) is 0 Å². The van der Waals surface area contributed by atoms with Gasteiger partial charge >= 0.3 is 0 Å². The van der Waals surface area contributed by atoms with Crippen LogP contribution in [0.3, 0.4) is 0 Å². The molecule has 0 atom stereocenters. The van der Waals surface area contributed by atoms with Crippen LogP contribution < -0.4 is 0 Å². The van der Waals surface area contributed by atoms with Crippen LogP contribution in [0.5, 0.6) is 0 Å². The molecule has 2 rings (SSSR count). The molecule has 2 heteroatoms. The maximum Gasteiger partial charge on any atom is 0.0904 e. The number of rotatable bonds is 2. The molecule has 0 saturated carbocycles. The molecule has 0 amide bonds. The second-order valence-corrected chi connectivity index (χ2v) is 5.20. The van der Waals surface area contributed by atoms with E-state index in [1.807, 2.05) is 6.07 Å². The highest BCUT2D eigenvalue weighted by atomic mass is 32.1. The van der Waals surface area contributed by atoms with Crippen molar-refractivity contribution in [2.75, 3.05) is 0 Å². The van der Waals surface area contributed by atoms with Gasteiger partial charge in [-0.2, -0.15) is 0 Å². The molecule has 0 bridgehead atoms. The summed E-state index contributed by atoms with van der Waals surface area (Å²) >= 11 is 1.81. The smallest absolute Gasteiger partial charge is 0.0904 e. The summed E-state index contributed by atoms with van der Waals surface area (Å²) in [6.45, 7) is 6.52. The van der Waals surface area contributed by atoms with Crippen LogP contribution in [-0.2, 0) is 0 Å². The number of nitrogens with zero attached hydrogens (tertiary/aromatic N) is 1. The first-order chi connectivity index (χ1) is 7.18. The van der Waals surface area contributed by atoms with Gasteiger partial charge in [-0.25, -0.2) is 4.98 Å². The van der Waals surface area contributed by atoms with E-state index >= 15 is 0 Å². The Hall–Kier alpha value is -1.15. The zero-order valence-corrected chi connectivity index (χ0v) is 10.1. The van der Waals surface area contributed by atoms with Crippen LogP contribution in [0.1, 0.15) is 29.7 Å². The lowest BCUT2D eigenvalue weighted by Crippen LogP contribution is -1.87. The lowest BCUT2D eigenvalue weighted by molar-refractivity contribution is 0.888. The van der Waals surface area contributed by atoms with E-state index in [1.165, 1.54) is 10.4 Å². The number of thiazole rings is 1. The van der Waals surface area contributed by atoms with E-state index in [2.05, 4.69) is 50.0 Å². The number of benzene rings is 1. The lowest BCUT2D eigenvalue weighted by atomic mass is 10.1. The highest BCUT2D eigenvalue weighted by Gasteiger charge is 2.13. The van der Waals surface area contributed by atoms with Gasteiger partial charge in [0.2, 0.25) is 0 Å². The average Bonchev–Trinajstić information content (AvgIpc) is 2.62. The minimum atomic E-state index is 0.548. The van der Waals surface area contributed by atoms with Crippen molar-refractivity contribution in [3.63, 3.8) is 0 Å². The predicted molar refractivity (Wildman–Crippen MR) is 66.4 cm³/mol. The lowest BCUT2D eigenvalue weighted by Gasteiger charge is -2.04. The first kappa shape index (κ1) is 10.4. The predicted octanol–water partition coefficient (Wildman–Crippen LogP) is 4.24. The highest BCUT2D eigenvalue weighted by Crippen LogP contribution is 2.33. The maximum absolute atomic E-state index is 4.62. The fourth-order valence-electron chi connectivity index (χ4n) is 1.64. The van der Waals surface area contributed by atoms with Crippen molar-refractivity contribution >= 4 is 11.3 Å². The van der Waals surface area contributed by atoms with E-state index in [0.717, 1.165) is 10.7 Å². The normalized spacial score (nSPS) is 10.9. The number of aryl methyl sites for hydroxylation is 1. The molecule has 1 nitrogen and oxygen atoms in total. The van der Waals surface area contributed by atoms with Crippen molar-refractivity contribution in [1.82, 2.24) is 4.98 Å². The first-order valence-electron chi connectivity index (χ1n) is 5.21. The van der Waals surface area contributed by atoms with Crippen molar-refractivity contribution in [3.05, 3.63) is 40.2 Å². The van der Waals surface area contributed by atoms with Gasteiger partial charge < -0.3 is 0 Å². The molecule has 0 aliphatic heterocycles. The summed E-state index contributed by atoms with van der Waals surface area (Å²) in [7, 11) is 0. The minimum absolute atomic E-state index is 0.548. The van der Waals surface area contributed by atoms with Crippen molar-refractivity contribution < 1.29 is 0 Å². The monoisotopic (exact) mass is 217 g/mol. The average molecular weight is 217 g/mol. The quantitative estimate of drug-likeness (QED) is 0.733. The molecule has 0 unspecified atom stereocenters. The van der Waals surface area contributed by atoms with E-state index in [9.17, 15) is 0 Å². The second kappa shape index (κ2) is 4.15. The number of hydrogen-bond donors (Lipinski definition) is 0. The van der Waals surface area contributed by atoms with Crippen molar-refractivity contribution in [2.24, 2.45) is 0 Å². The molecule has 1 aromatic carbocycles. The Balaban J connectivity index is 2.53. The fourth-order valence-corrected chi connectivity index (χ4v) is 2.59. The van der Waals surface area contributed by atoms with Crippen LogP contribution in [-0.4, -0.2) is 4.98 Å². The zero-order valence-electron chi connectivity index (χ0n) is 9.32. The summed E-state index contributed by atoms with van der Waals surface area (Å²) in [4.78, 5) is 6.01. The number of aromatic nitrogens is 1. The molecule has 0 spiro atoms. The zero-order chi connectivity index (χ0) is 10.8. The van der Waals surface area contributed by atoms with Gasteiger partial charge in [-0.1, -0.05) is 44.2 Å². The van der Waals surface area contributed by atoms with Crippen molar-refractivity contribution in [2.45, 2.75) is 26.7 Å². The van der Waals surface area contributed by atoms with Gasteiger partial charge in [0.05, 0.1) is 10.7 Å². The summed E-state index contributed by atoms with van der Waals surface area (Å²) in [5.41, 5.74) is 2.39. The molecule has 15 heavy (non-hydrogen) atoms. The van der Waals surface area contributed by atoms with Crippen LogP contribution >= 0.6 is 11.3 Å². The van der Waals surface area contributed by atoms with E-state index in [-0.39, 0.29) is 0 Å². The van der Waals surface area contributed by atoms with E-state index in [0.29, 0.717) is 5.92 Å². The summed E-state index contributed by atoms with van der Waals surface area (Å²) in [5.74, 6) is 0.548. The van der Waals surface area contributed by atoms with E-state index < -0.39 is 0 Å². The summed E-state index contributed by atoms with van der Waals surface area (Å²) in [6, 6.07) is 10.4. The molecule has 0 radical (unpaired) electrons. The van der Waals surface area contributed by atoms with Gasteiger partial charge in [0, 0.05) is 10.4 Å². The number of hydrogen-bond acceptors (Lipinski definition) is 2. The Morgan fingerprint density at radius 3 is 2.40 bits per heavy atom. The molecular formula is C13H15NS. The second-order valence-electron chi connectivity index (χ2n) is 3.97. The maximum atomic E-state index is 4.62. The van der Waals surface area contributed by atoms with Crippen LogP contribution in [0.15, 0.2) is 30.3 Å². The molecule has 2 aromatic rings. The summed E-state index contributed by atoms with van der Waals surface area (Å²) in [6.07, 6.45) is 0. The molecule has 1 heterocycles. The Morgan fingerprint density at radius 2 is 1.80 bits per heavy atom. The van der Waals surface area contributed by atoms with Crippen molar-refractivity contribution in [3.8, 4) is 11.3 Å². The van der Waals surface area contributed by atoms with Crippen molar-refractivity contribution in [1.29, 1.82) is 0 Å². The van der Waals surface area contributed by atoms with Crippen LogP contribution in [0.25, 0.3) is 11.3 Å². The molecule has 1 aromatic heterocycles. The van der Waals surface area contributed by atoms with E-state index in [1.54, 1.807) is 11.3 Å². The third kappa shape index (κ3) is 2.10. The highest BCUT2D eigenvalue weighted by molar-refractivity contribution is 7.12. The van der Waals surface area contributed by atoms with Gasteiger partial charge in [0.1, 0.15) is 0 Å². The Labute approximate surface area is 94.8 Å². The Kier molecular flexibility index (Phi) is 2.87. The molecule has 0 aliphatic rings. The largest absolute Gasteiger partial charge is 0.241 e. The molecular weight excluding hydrogens is 202 g/mol.